The third-order valence-corrected chi connectivity index (χ3v) is 4.56. The van der Waals surface area contributed by atoms with Crippen molar-refractivity contribution in [1.82, 2.24) is 10.3 Å². The van der Waals surface area contributed by atoms with Gasteiger partial charge in [-0.25, -0.2) is 0 Å². The largest absolute Gasteiger partial charge is 0.493 e. The normalized spacial score (nSPS) is 15.8. The van der Waals surface area contributed by atoms with Gasteiger partial charge in [0.1, 0.15) is 18.1 Å². The van der Waals surface area contributed by atoms with Crippen molar-refractivity contribution in [1.29, 1.82) is 0 Å². The molecule has 4 nitrogen and oxygen atoms in total. The molecule has 26 heavy (non-hydrogen) atoms. The minimum Gasteiger partial charge on any atom is -0.493 e. The Bertz CT molecular complexity index is 834. The molecule has 3 aromatic rings. The van der Waals surface area contributed by atoms with Gasteiger partial charge in [-0.3, -0.25) is 4.98 Å². The number of hydrogen-bond donors (Lipinski definition) is 1. The van der Waals surface area contributed by atoms with Crippen molar-refractivity contribution in [2.24, 2.45) is 0 Å². The molecule has 0 aliphatic carbocycles. The molecule has 0 saturated heterocycles. The summed E-state index contributed by atoms with van der Waals surface area (Å²) in [5.74, 6) is 1.87. The van der Waals surface area contributed by atoms with Crippen LogP contribution in [-0.4, -0.2) is 11.6 Å². The molecule has 0 saturated carbocycles. The average molecular weight is 346 g/mol. The molecule has 0 amide bonds. The summed E-state index contributed by atoms with van der Waals surface area (Å²) in [5.41, 5.74) is 3.55. The molecule has 132 valence electrons. The Balaban J connectivity index is 1.32. The van der Waals surface area contributed by atoms with Crippen molar-refractivity contribution in [3.63, 3.8) is 0 Å². The zero-order valence-electron chi connectivity index (χ0n) is 14.6. The van der Waals surface area contributed by atoms with Gasteiger partial charge in [0.05, 0.1) is 6.61 Å². The number of benzene rings is 2. The van der Waals surface area contributed by atoms with E-state index in [0.29, 0.717) is 12.6 Å². The lowest BCUT2D eigenvalue weighted by atomic mass is 10.0. The van der Waals surface area contributed by atoms with E-state index in [1.807, 2.05) is 42.6 Å². The number of rotatable bonds is 6. The van der Waals surface area contributed by atoms with Crippen LogP contribution in [0.2, 0.25) is 0 Å². The van der Waals surface area contributed by atoms with Crippen LogP contribution in [-0.2, 0) is 13.2 Å². The fourth-order valence-electron chi connectivity index (χ4n) is 3.15. The van der Waals surface area contributed by atoms with E-state index in [2.05, 4.69) is 34.6 Å². The number of aromatic nitrogens is 1. The standard InChI is InChI=1S/C22H22N2O2/c1-2-6-22-20(5-1)21(11-13-25-22)24-15-17-7-9-19(10-8-17)26-16-18-4-3-12-23-14-18/h1-10,12,14,21,24H,11,13,15-16H2/t21-/m0/s1. The van der Waals surface area contributed by atoms with Gasteiger partial charge >= 0.3 is 0 Å². The van der Waals surface area contributed by atoms with Gasteiger partial charge in [-0.15, -0.1) is 0 Å². The fourth-order valence-corrected chi connectivity index (χ4v) is 3.15. The van der Waals surface area contributed by atoms with Crippen LogP contribution < -0.4 is 14.8 Å². The van der Waals surface area contributed by atoms with Gasteiger partial charge in [-0.1, -0.05) is 36.4 Å². The average Bonchev–Trinajstić information content (AvgIpc) is 2.72. The van der Waals surface area contributed by atoms with Crippen molar-refractivity contribution in [3.05, 3.63) is 89.7 Å². The molecule has 1 N–H and O–H groups in total. The van der Waals surface area contributed by atoms with E-state index >= 15 is 0 Å². The Labute approximate surface area is 153 Å². The smallest absolute Gasteiger partial charge is 0.124 e. The van der Waals surface area contributed by atoms with Crippen LogP contribution in [0.5, 0.6) is 11.5 Å². The summed E-state index contributed by atoms with van der Waals surface area (Å²) in [4.78, 5) is 4.10. The van der Waals surface area contributed by atoms with Crippen LogP contribution >= 0.6 is 0 Å². The topological polar surface area (TPSA) is 43.4 Å². The van der Waals surface area contributed by atoms with E-state index in [1.54, 1.807) is 6.20 Å². The van der Waals surface area contributed by atoms with Crippen molar-refractivity contribution < 1.29 is 9.47 Å². The van der Waals surface area contributed by atoms with Crippen LogP contribution in [0.1, 0.15) is 29.2 Å². The summed E-state index contributed by atoms with van der Waals surface area (Å²) in [6, 6.07) is 20.8. The Morgan fingerprint density at radius 3 is 2.73 bits per heavy atom. The van der Waals surface area contributed by atoms with Crippen molar-refractivity contribution in [2.45, 2.75) is 25.6 Å². The second kappa shape index (κ2) is 8.02. The lowest BCUT2D eigenvalue weighted by Crippen LogP contribution is -2.26. The van der Waals surface area contributed by atoms with Crippen LogP contribution in [0, 0.1) is 0 Å². The highest BCUT2D eigenvalue weighted by atomic mass is 16.5. The number of nitrogens with one attached hydrogen (secondary N) is 1. The minimum atomic E-state index is 0.335. The quantitative estimate of drug-likeness (QED) is 0.724. The summed E-state index contributed by atoms with van der Waals surface area (Å²) in [7, 11) is 0. The predicted octanol–water partition coefficient (Wildman–Crippen LogP) is 4.27. The van der Waals surface area contributed by atoms with Crippen molar-refractivity contribution in [2.75, 3.05) is 6.61 Å². The second-order valence-electron chi connectivity index (χ2n) is 6.40. The summed E-state index contributed by atoms with van der Waals surface area (Å²) in [6.07, 6.45) is 4.58. The van der Waals surface area contributed by atoms with Gasteiger partial charge in [-0.05, 0) is 29.8 Å². The zero-order chi connectivity index (χ0) is 17.6. The molecule has 0 bridgehead atoms. The van der Waals surface area contributed by atoms with Gasteiger partial charge in [0.15, 0.2) is 0 Å². The molecule has 1 atom stereocenters. The number of nitrogens with zero attached hydrogens (tertiary/aromatic N) is 1. The highest BCUT2D eigenvalue weighted by Crippen LogP contribution is 2.31. The Morgan fingerprint density at radius 1 is 1.00 bits per heavy atom. The molecule has 0 fully saturated rings. The minimum absolute atomic E-state index is 0.335. The Hall–Kier alpha value is -2.85. The number of hydrogen-bond acceptors (Lipinski definition) is 4. The van der Waals surface area contributed by atoms with Crippen molar-refractivity contribution >= 4 is 0 Å². The van der Waals surface area contributed by atoms with E-state index in [4.69, 9.17) is 9.47 Å². The lowest BCUT2D eigenvalue weighted by molar-refractivity contribution is 0.252. The highest BCUT2D eigenvalue weighted by molar-refractivity contribution is 5.37. The van der Waals surface area contributed by atoms with E-state index in [0.717, 1.165) is 36.6 Å². The first kappa shape index (κ1) is 16.6. The lowest BCUT2D eigenvalue weighted by Gasteiger charge is -2.26. The first-order chi connectivity index (χ1) is 12.9. The van der Waals surface area contributed by atoms with Gasteiger partial charge in [0.2, 0.25) is 0 Å². The van der Waals surface area contributed by atoms with Crippen LogP contribution in [0.15, 0.2) is 73.1 Å². The number of ether oxygens (including phenoxy) is 2. The molecule has 2 aromatic carbocycles. The third-order valence-electron chi connectivity index (χ3n) is 4.56. The van der Waals surface area contributed by atoms with Gasteiger partial charge < -0.3 is 14.8 Å². The van der Waals surface area contributed by atoms with Gasteiger partial charge in [0, 0.05) is 42.5 Å². The van der Waals surface area contributed by atoms with Crippen molar-refractivity contribution in [3.8, 4) is 11.5 Å². The van der Waals surface area contributed by atoms with E-state index < -0.39 is 0 Å². The Morgan fingerprint density at radius 2 is 1.88 bits per heavy atom. The first-order valence-electron chi connectivity index (χ1n) is 8.94. The maximum absolute atomic E-state index is 5.81. The maximum Gasteiger partial charge on any atom is 0.124 e. The maximum atomic E-state index is 5.81. The summed E-state index contributed by atoms with van der Waals surface area (Å²) in [5, 5.41) is 3.64. The summed E-state index contributed by atoms with van der Waals surface area (Å²) < 4.78 is 11.5. The molecule has 1 aromatic heterocycles. The van der Waals surface area contributed by atoms with Crippen LogP contribution in [0.25, 0.3) is 0 Å². The molecular formula is C22H22N2O2. The number of para-hydroxylation sites is 1. The van der Waals surface area contributed by atoms with E-state index in [9.17, 15) is 0 Å². The highest BCUT2D eigenvalue weighted by Gasteiger charge is 2.20. The SMILES string of the molecule is c1cncc(COc2ccc(CN[C@H]3CCOc4ccccc43)cc2)c1. The zero-order valence-corrected chi connectivity index (χ0v) is 14.6. The predicted molar refractivity (Wildman–Crippen MR) is 101 cm³/mol. The molecule has 1 aliphatic rings. The van der Waals surface area contributed by atoms with Crippen LogP contribution in [0.3, 0.4) is 0 Å². The third kappa shape index (κ3) is 4.03. The van der Waals surface area contributed by atoms with Gasteiger partial charge in [-0.2, -0.15) is 0 Å². The van der Waals surface area contributed by atoms with E-state index in [1.165, 1.54) is 11.1 Å². The first-order valence-corrected chi connectivity index (χ1v) is 8.94. The second-order valence-corrected chi connectivity index (χ2v) is 6.40. The molecule has 1 aliphatic heterocycles. The summed E-state index contributed by atoms with van der Waals surface area (Å²) >= 11 is 0. The van der Waals surface area contributed by atoms with Gasteiger partial charge in [0.25, 0.3) is 0 Å². The fraction of sp³-hybridized carbons (Fsp3) is 0.227. The Kier molecular flexibility index (Phi) is 5.12. The summed E-state index contributed by atoms with van der Waals surface area (Å²) in [6.45, 7) is 2.11. The molecule has 4 rings (SSSR count). The van der Waals surface area contributed by atoms with Crippen LogP contribution in [0.4, 0.5) is 0 Å². The molecular weight excluding hydrogens is 324 g/mol. The molecule has 2 heterocycles. The molecule has 0 radical (unpaired) electrons. The molecule has 0 spiro atoms. The molecule has 4 heteroatoms. The van der Waals surface area contributed by atoms with E-state index in [-0.39, 0.29) is 0 Å². The molecule has 0 unspecified atom stereocenters. The number of fused-ring (bicyclic) bond motifs is 1. The monoisotopic (exact) mass is 346 g/mol. The number of pyridine rings is 1.